The van der Waals surface area contributed by atoms with Gasteiger partial charge in [-0.15, -0.1) is 0 Å². The van der Waals surface area contributed by atoms with Crippen molar-refractivity contribution in [1.82, 2.24) is 0 Å². The van der Waals surface area contributed by atoms with E-state index in [0.717, 1.165) is 12.3 Å². The van der Waals surface area contributed by atoms with Gasteiger partial charge in [-0.05, 0) is 31.1 Å². The number of aliphatic hydroxyl groups excluding tert-OH is 1. The van der Waals surface area contributed by atoms with Crippen LogP contribution in [0.15, 0.2) is 0 Å². The Balaban J connectivity index is 2.26. The molecule has 1 rings (SSSR count). The molecule has 2 atom stereocenters. The Labute approximate surface area is 63.4 Å². The summed E-state index contributed by atoms with van der Waals surface area (Å²) in [5.41, 5.74) is 0. The summed E-state index contributed by atoms with van der Waals surface area (Å²) in [5.74, 6) is 1.36. The van der Waals surface area contributed by atoms with Gasteiger partial charge in [-0.1, -0.05) is 20.3 Å². The molecule has 1 aliphatic carbocycles. The van der Waals surface area contributed by atoms with Gasteiger partial charge in [-0.3, -0.25) is 0 Å². The van der Waals surface area contributed by atoms with Crippen molar-refractivity contribution < 1.29 is 5.11 Å². The summed E-state index contributed by atoms with van der Waals surface area (Å²) < 4.78 is 0. The zero-order valence-corrected chi connectivity index (χ0v) is 7.01. The minimum atomic E-state index is 0.0161. The zero-order chi connectivity index (χ0) is 7.56. The van der Waals surface area contributed by atoms with Crippen LogP contribution in [0.4, 0.5) is 0 Å². The van der Waals surface area contributed by atoms with Crippen molar-refractivity contribution in [3.05, 3.63) is 0 Å². The summed E-state index contributed by atoms with van der Waals surface area (Å²) in [5, 5.41) is 9.44. The van der Waals surface area contributed by atoms with Crippen molar-refractivity contribution in [3.8, 4) is 0 Å². The molecule has 0 aromatic heterocycles. The van der Waals surface area contributed by atoms with E-state index in [4.69, 9.17) is 0 Å². The van der Waals surface area contributed by atoms with Crippen molar-refractivity contribution in [2.45, 2.75) is 45.6 Å². The minimum Gasteiger partial charge on any atom is -0.393 e. The average Bonchev–Trinajstić information content (AvgIpc) is 2.15. The molecule has 60 valence electrons. The molecule has 0 aromatic carbocycles. The van der Waals surface area contributed by atoms with Gasteiger partial charge in [0, 0.05) is 0 Å². The maximum absolute atomic E-state index is 9.44. The Morgan fingerprint density at radius 2 is 2.10 bits per heavy atom. The lowest BCUT2D eigenvalue weighted by Gasteiger charge is -2.15. The molecule has 0 bridgehead atoms. The van der Waals surface area contributed by atoms with Crippen LogP contribution in [-0.4, -0.2) is 11.2 Å². The molecule has 1 fully saturated rings. The van der Waals surface area contributed by atoms with Crippen molar-refractivity contribution in [3.63, 3.8) is 0 Å². The van der Waals surface area contributed by atoms with Gasteiger partial charge in [0.1, 0.15) is 0 Å². The normalized spacial score (nSPS) is 33.6. The van der Waals surface area contributed by atoms with E-state index in [2.05, 4.69) is 13.8 Å². The molecular weight excluding hydrogens is 124 g/mol. The van der Waals surface area contributed by atoms with Gasteiger partial charge in [-0.2, -0.15) is 0 Å². The fourth-order valence-corrected chi connectivity index (χ4v) is 1.90. The lowest BCUT2D eigenvalue weighted by molar-refractivity contribution is 0.120. The Hall–Kier alpha value is -0.0400. The third-order valence-electron chi connectivity index (χ3n) is 2.39. The summed E-state index contributed by atoms with van der Waals surface area (Å²) >= 11 is 0. The molecule has 1 aliphatic rings. The Morgan fingerprint density at radius 1 is 1.40 bits per heavy atom. The number of rotatable bonds is 2. The summed E-state index contributed by atoms with van der Waals surface area (Å²) in [6.07, 6.45) is 4.75. The summed E-state index contributed by atoms with van der Waals surface area (Å²) in [7, 11) is 0. The molecule has 0 aliphatic heterocycles. The van der Waals surface area contributed by atoms with E-state index in [1.165, 1.54) is 19.3 Å². The standard InChI is InChI=1S/C9H18O/c1-7(2)6-8-4-3-5-9(8)10/h7-10H,3-6H2,1-2H3/t8-,9+/m1/s1. The highest BCUT2D eigenvalue weighted by molar-refractivity contribution is 4.76. The summed E-state index contributed by atoms with van der Waals surface area (Å²) in [6.45, 7) is 4.45. The van der Waals surface area contributed by atoms with Crippen LogP contribution in [0.5, 0.6) is 0 Å². The molecule has 1 heteroatoms. The topological polar surface area (TPSA) is 20.2 Å². The smallest absolute Gasteiger partial charge is 0.0568 e. The van der Waals surface area contributed by atoms with Crippen LogP contribution in [0.25, 0.3) is 0 Å². The van der Waals surface area contributed by atoms with E-state index >= 15 is 0 Å². The Kier molecular flexibility index (Phi) is 2.72. The quantitative estimate of drug-likeness (QED) is 0.626. The molecule has 1 saturated carbocycles. The van der Waals surface area contributed by atoms with Gasteiger partial charge in [0.05, 0.1) is 6.10 Å². The van der Waals surface area contributed by atoms with Gasteiger partial charge >= 0.3 is 0 Å². The predicted molar refractivity (Wildman–Crippen MR) is 42.8 cm³/mol. The van der Waals surface area contributed by atoms with E-state index < -0.39 is 0 Å². The molecule has 1 nitrogen and oxygen atoms in total. The van der Waals surface area contributed by atoms with Crippen molar-refractivity contribution in [1.29, 1.82) is 0 Å². The molecule has 0 radical (unpaired) electrons. The maximum Gasteiger partial charge on any atom is 0.0568 e. The summed E-state index contributed by atoms with van der Waals surface area (Å²) in [4.78, 5) is 0. The molecule has 0 unspecified atom stereocenters. The largest absolute Gasteiger partial charge is 0.393 e. The van der Waals surface area contributed by atoms with Crippen LogP contribution in [0.1, 0.15) is 39.5 Å². The first-order chi connectivity index (χ1) is 4.70. The van der Waals surface area contributed by atoms with E-state index in [1.807, 2.05) is 0 Å². The fourth-order valence-electron chi connectivity index (χ4n) is 1.90. The Morgan fingerprint density at radius 3 is 2.50 bits per heavy atom. The minimum absolute atomic E-state index is 0.0161. The van der Waals surface area contributed by atoms with Crippen molar-refractivity contribution in [2.24, 2.45) is 11.8 Å². The monoisotopic (exact) mass is 142 g/mol. The van der Waals surface area contributed by atoms with Gasteiger partial charge in [0.25, 0.3) is 0 Å². The first-order valence-electron chi connectivity index (χ1n) is 4.38. The highest BCUT2D eigenvalue weighted by Crippen LogP contribution is 2.30. The molecule has 10 heavy (non-hydrogen) atoms. The van der Waals surface area contributed by atoms with Crippen LogP contribution >= 0.6 is 0 Å². The third-order valence-corrected chi connectivity index (χ3v) is 2.39. The van der Waals surface area contributed by atoms with Crippen LogP contribution in [0.2, 0.25) is 0 Å². The van der Waals surface area contributed by atoms with Gasteiger partial charge in [0.2, 0.25) is 0 Å². The molecule has 0 saturated heterocycles. The lowest BCUT2D eigenvalue weighted by Crippen LogP contribution is -2.14. The first kappa shape index (κ1) is 8.06. The second-order valence-electron chi connectivity index (χ2n) is 3.89. The van der Waals surface area contributed by atoms with Crippen LogP contribution in [-0.2, 0) is 0 Å². The average molecular weight is 142 g/mol. The third kappa shape index (κ3) is 1.98. The fraction of sp³-hybridized carbons (Fsp3) is 1.00. The van der Waals surface area contributed by atoms with Gasteiger partial charge < -0.3 is 5.11 Å². The SMILES string of the molecule is CC(C)C[C@H]1CCC[C@@H]1O. The maximum atomic E-state index is 9.44. The van der Waals surface area contributed by atoms with Gasteiger partial charge in [0.15, 0.2) is 0 Å². The van der Waals surface area contributed by atoms with E-state index in [1.54, 1.807) is 0 Å². The highest BCUT2D eigenvalue weighted by Gasteiger charge is 2.25. The van der Waals surface area contributed by atoms with Crippen molar-refractivity contribution in [2.75, 3.05) is 0 Å². The van der Waals surface area contributed by atoms with Crippen LogP contribution in [0, 0.1) is 11.8 Å². The number of aliphatic hydroxyl groups is 1. The Bertz CT molecular complexity index is 98.9. The van der Waals surface area contributed by atoms with Gasteiger partial charge in [-0.25, -0.2) is 0 Å². The van der Waals surface area contributed by atoms with E-state index in [9.17, 15) is 5.11 Å². The molecule has 0 amide bonds. The second kappa shape index (κ2) is 3.38. The molecule has 0 spiro atoms. The molecule has 0 heterocycles. The molecular formula is C9H18O. The van der Waals surface area contributed by atoms with E-state index in [0.29, 0.717) is 5.92 Å². The number of hydrogen-bond donors (Lipinski definition) is 1. The second-order valence-corrected chi connectivity index (χ2v) is 3.89. The highest BCUT2D eigenvalue weighted by atomic mass is 16.3. The van der Waals surface area contributed by atoms with E-state index in [-0.39, 0.29) is 6.10 Å². The van der Waals surface area contributed by atoms with Crippen LogP contribution < -0.4 is 0 Å². The zero-order valence-electron chi connectivity index (χ0n) is 7.01. The lowest BCUT2D eigenvalue weighted by atomic mass is 9.94. The molecule has 1 N–H and O–H groups in total. The summed E-state index contributed by atoms with van der Waals surface area (Å²) in [6, 6.07) is 0. The molecule has 0 aromatic rings. The van der Waals surface area contributed by atoms with Crippen LogP contribution in [0.3, 0.4) is 0 Å². The van der Waals surface area contributed by atoms with Crippen molar-refractivity contribution >= 4 is 0 Å². The predicted octanol–water partition coefficient (Wildman–Crippen LogP) is 2.19. The first-order valence-corrected chi connectivity index (χ1v) is 4.38. The number of hydrogen-bond acceptors (Lipinski definition) is 1.